The SMILES string of the molecule is CNC12CCC(c3ccc(N(C)C)cc3)(CC1)CC2. The third-order valence-electron chi connectivity index (χ3n) is 5.77. The predicted molar refractivity (Wildman–Crippen MR) is 81.9 cm³/mol. The third-order valence-corrected chi connectivity index (χ3v) is 5.77. The van der Waals surface area contributed by atoms with Crippen LogP contribution in [-0.4, -0.2) is 26.7 Å². The van der Waals surface area contributed by atoms with Crippen molar-refractivity contribution in [2.24, 2.45) is 0 Å². The quantitative estimate of drug-likeness (QED) is 0.894. The maximum atomic E-state index is 3.59. The van der Waals surface area contributed by atoms with Crippen LogP contribution in [0.3, 0.4) is 0 Å². The number of fused-ring (bicyclic) bond motifs is 3. The topological polar surface area (TPSA) is 15.3 Å². The summed E-state index contributed by atoms with van der Waals surface area (Å²) in [4.78, 5) is 2.18. The third kappa shape index (κ3) is 2.06. The van der Waals surface area contributed by atoms with Crippen LogP contribution in [0.1, 0.15) is 44.1 Å². The number of hydrogen-bond donors (Lipinski definition) is 1. The minimum atomic E-state index is 0.464. The van der Waals surface area contributed by atoms with Gasteiger partial charge in [-0.15, -0.1) is 0 Å². The van der Waals surface area contributed by atoms with E-state index in [-0.39, 0.29) is 0 Å². The Labute approximate surface area is 117 Å². The summed E-state index contributed by atoms with van der Waals surface area (Å²) in [6.07, 6.45) is 8.11. The zero-order chi connectivity index (χ0) is 13.5. The van der Waals surface area contributed by atoms with Crippen molar-refractivity contribution >= 4 is 5.69 Å². The van der Waals surface area contributed by atoms with Crippen molar-refractivity contribution in [3.63, 3.8) is 0 Å². The normalized spacial score (nSPS) is 33.4. The Kier molecular flexibility index (Phi) is 3.09. The summed E-state index contributed by atoms with van der Waals surface area (Å²) >= 11 is 0. The fourth-order valence-corrected chi connectivity index (χ4v) is 4.11. The second kappa shape index (κ2) is 4.52. The second-order valence-corrected chi connectivity index (χ2v) is 6.75. The number of hydrogen-bond acceptors (Lipinski definition) is 2. The van der Waals surface area contributed by atoms with Gasteiger partial charge in [0.15, 0.2) is 0 Å². The van der Waals surface area contributed by atoms with Crippen molar-refractivity contribution in [1.29, 1.82) is 0 Å². The highest BCUT2D eigenvalue weighted by atomic mass is 15.1. The van der Waals surface area contributed by atoms with Gasteiger partial charge >= 0.3 is 0 Å². The van der Waals surface area contributed by atoms with E-state index in [1.165, 1.54) is 44.2 Å². The van der Waals surface area contributed by atoms with Gasteiger partial charge in [-0.3, -0.25) is 0 Å². The Hall–Kier alpha value is -1.02. The largest absolute Gasteiger partial charge is 0.378 e. The van der Waals surface area contributed by atoms with Gasteiger partial charge in [0.2, 0.25) is 0 Å². The molecule has 0 heterocycles. The number of nitrogens with zero attached hydrogens (tertiary/aromatic N) is 1. The van der Waals surface area contributed by atoms with Crippen molar-refractivity contribution in [2.75, 3.05) is 26.0 Å². The first-order valence-corrected chi connectivity index (χ1v) is 7.56. The van der Waals surface area contributed by atoms with E-state index in [0.717, 1.165) is 0 Å². The Morgan fingerprint density at radius 2 is 1.42 bits per heavy atom. The summed E-state index contributed by atoms with van der Waals surface area (Å²) in [5.74, 6) is 0. The van der Waals surface area contributed by atoms with E-state index < -0.39 is 0 Å². The second-order valence-electron chi connectivity index (χ2n) is 6.75. The van der Waals surface area contributed by atoms with Crippen LogP contribution in [0.15, 0.2) is 24.3 Å². The monoisotopic (exact) mass is 258 g/mol. The predicted octanol–water partition coefficient (Wildman–Crippen LogP) is 3.32. The summed E-state index contributed by atoms with van der Waals surface area (Å²) < 4.78 is 0. The molecule has 0 radical (unpaired) electrons. The smallest absolute Gasteiger partial charge is 0.0361 e. The van der Waals surface area contributed by atoms with Gasteiger partial charge in [-0.2, -0.15) is 0 Å². The van der Waals surface area contributed by atoms with Crippen LogP contribution in [0, 0.1) is 0 Å². The molecule has 19 heavy (non-hydrogen) atoms. The molecule has 3 aliphatic carbocycles. The van der Waals surface area contributed by atoms with Gasteiger partial charge in [-0.25, -0.2) is 0 Å². The van der Waals surface area contributed by atoms with Gasteiger partial charge in [-0.05, 0) is 68.7 Å². The first-order valence-electron chi connectivity index (χ1n) is 7.56. The van der Waals surface area contributed by atoms with Gasteiger partial charge in [0.25, 0.3) is 0 Å². The summed E-state index contributed by atoms with van der Waals surface area (Å²) in [5.41, 5.74) is 3.81. The molecule has 0 spiro atoms. The average Bonchev–Trinajstić information content (AvgIpc) is 2.49. The zero-order valence-electron chi connectivity index (χ0n) is 12.5. The van der Waals surface area contributed by atoms with E-state index >= 15 is 0 Å². The minimum Gasteiger partial charge on any atom is -0.378 e. The van der Waals surface area contributed by atoms with Crippen LogP contribution in [0.5, 0.6) is 0 Å². The van der Waals surface area contributed by atoms with E-state index in [0.29, 0.717) is 11.0 Å². The van der Waals surface area contributed by atoms with Gasteiger partial charge in [0.1, 0.15) is 0 Å². The summed E-state index contributed by atoms with van der Waals surface area (Å²) in [6.45, 7) is 0. The molecular formula is C17H26N2. The van der Waals surface area contributed by atoms with Crippen LogP contribution in [0.4, 0.5) is 5.69 Å². The van der Waals surface area contributed by atoms with E-state index in [4.69, 9.17) is 0 Å². The Bertz CT molecular complexity index is 422. The first-order chi connectivity index (χ1) is 9.09. The molecule has 2 bridgehead atoms. The maximum Gasteiger partial charge on any atom is 0.0361 e. The van der Waals surface area contributed by atoms with Crippen molar-refractivity contribution < 1.29 is 0 Å². The molecule has 2 heteroatoms. The molecule has 0 amide bonds. The van der Waals surface area contributed by atoms with Gasteiger partial charge < -0.3 is 10.2 Å². The molecule has 3 fully saturated rings. The standard InChI is InChI=1S/C17H26N2/c1-18-17-11-8-16(9-12-17,10-13-17)14-4-6-15(7-5-14)19(2)3/h4-7,18H,8-13H2,1-3H3. The minimum absolute atomic E-state index is 0.464. The van der Waals surface area contributed by atoms with Crippen LogP contribution in [0.25, 0.3) is 0 Å². The molecule has 0 aromatic heterocycles. The number of rotatable bonds is 3. The highest BCUT2D eigenvalue weighted by Crippen LogP contribution is 2.53. The Morgan fingerprint density at radius 3 is 1.84 bits per heavy atom. The lowest BCUT2D eigenvalue weighted by Gasteiger charge is -2.54. The van der Waals surface area contributed by atoms with E-state index in [1.807, 2.05) is 0 Å². The molecule has 3 aliphatic rings. The number of benzene rings is 1. The van der Waals surface area contributed by atoms with Crippen molar-refractivity contribution in [1.82, 2.24) is 5.32 Å². The Morgan fingerprint density at radius 1 is 0.895 bits per heavy atom. The molecule has 2 nitrogen and oxygen atoms in total. The first kappa shape index (κ1) is 13.0. The number of anilines is 1. The Balaban J connectivity index is 1.83. The molecule has 1 aromatic carbocycles. The molecule has 0 unspecified atom stereocenters. The number of nitrogens with one attached hydrogen (secondary N) is 1. The van der Waals surface area contributed by atoms with Crippen molar-refractivity contribution in [3.8, 4) is 0 Å². The molecular weight excluding hydrogens is 232 g/mol. The molecule has 104 valence electrons. The van der Waals surface area contributed by atoms with E-state index in [1.54, 1.807) is 5.56 Å². The molecule has 3 saturated carbocycles. The van der Waals surface area contributed by atoms with Gasteiger partial charge in [-0.1, -0.05) is 12.1 Å². The fourth-order valence-electron chi connectivity index (χ4n) is 4.11. The summed E-state index contributed by atoms with van der Waals surface area (Å²) in [5, 5.41) is 3.59. The lowest BCUT2D eigenvalue weighted by atomic mass is 9.55. The molecule has 4 rings (SSSR count). The van der Waals surface area contributed by atoms with Gasteiger partial charge in [0.05, 0.1) is 0 Å². The van der Waals surface area contributed by atoms with Crippen LogP contribution in [0.2, 0.25) is 0 Å². The molecule has 1 N–H and O–H groups in total. The van der Waals surface area contributed by atoms with Crippen LogP contribution in [-0.2, 0) is 5.41 Å². The molecule has 0 aliphatic heterocycles. The lowest BCUT2D eigenvalue weighted by molar-refractivity contribution is 0.0835. The van der Waals surface area contributed by atoms with E-state index in [2.05, 4.69) is 55.6 Å². The summed E-state index contributed by atoms with van der Waals surface area (Å²) in [6, 6.07) is 9.29. The zero-order valence-corrected chi connectivity index (χ0v) is 12.5. The average molecular weight is 258 g/mol. The van der Waals surface area contributed by atoms with Crippen LogP contribution >= 0.6 is 0 Å². The maximum absolute atomic E-state index is 3.59. The van der Waals surface area contributed by atoms with Crippen molar-refractivity contribution in [2.45, 2.75) is 49.5 Å². The van der Waals surface area contributed by atoms with E-state index in [9.17, 15) is 0 Å². The highest BCUT2D eigenvalue weighted by molar-refractivity contribution is 5.47. The lowest BCUT2D eigenvalue weighted by Crippen LogP contribution is -2.54. The van der Waals surface area contributed by atoms with Gasteiger partial charge in [0, 0.05) is 25.3 Å². The van der Waals surface area contributed by atoms with Crippen LogP contribution < -0.4 is 10.2 Å². The molecule has 0 atom stereocenters. The molecule has 0 saturated heterocycles. The fraction of sp³-hybridized carbons (Fsp3) is 0.647. The van der Waals surface area contributed by atoms with Crippen molar-refractivity contribution in [3.05, 3.63) is 29.8 Å². The summed E-state index contributed by atoms with van der Waals surface area (Å²) in [7, 11) is 6.36. The molecule has 1 aromatic rings. The highest BCUT2D eigenvalue weighted by Gasteiger charge is 2.48.